The molecule has 6 nitrogen and oxygen atoms in total. The van der Waals surface area contributed by atoms with Crippen molar-refractivity contribution in [3.8, 4) is 0 Å². The standard InChI is InChI=1S/C13H11NO5/c15-12(13(16)17)10-2-1-9(7-10)8-3-5-11(6-4-8)14(18)19/h2-6,9H,1,7H2,(H,16,17). The SMILES string of the molecule is O=C(O)C(=O)C1=CCC(c2ccc([N+](=O)[O-])cc2)C1. The summed E-state index contributed by atoms with van der Waals surface area (Å²) in [7, 11) is 0. The third kappa shape index (κ3) is 2.67. The van der Waals surface area contributed by atoms with Gasteiger partial charge in [0.15, 0.2) is 0 Å². The second-order valence-corrected chi connectivity index (χ2v) is 4.35. The zero-order valence-corrected chi connectivity index (χ0v) is 9.91. The molecule has 0 aliphatic heterocycles. The molecule has 0 saturated heterocycles. The average molecular weight is 261 g/mol. The van der Waals surface area contributed by atoms with Crippen molar-refractivity contribution in [2.24, 2.45) is 0 Å². The number of carboxylic acid groups (broad SMARTS) is 1. The van der Waals surface area contributed by atoms with E-state index in [2.05, 4.69) is 0 Å². The third-order valence-corrected chi connectivity index (χ3v) is 3.18. The number of nitro benzene ring substituents is 1. The molecule has 0 aromatic heterocycles. The molecule has 19 heavy (non-hydrogen) atoms. The van der Waals surface area contributed by atoms with Crippen LogP contribution in [-0.4, -0.2) is 21.8 Å². The smallest absolute Gasteiger partial charge is 0.376 e. The Labute approximate surface area is 108 Å². The van der Waals surface area contributed by atoms with Gasteiger partial charge in [0.2, 0.25) is 0 Å². The van der Waals surface area contributed by atoms with Crippen molar-refractivity contribution in [1.82, 2.24) is 0 Å². The molecule has 1 N–H and O–H groups in total. The van der Waals surface area contributed by atoms with Crippen LogP contribution in [0, 0.1) is 10.1 Å². The van der Waals surface area contributed by atoms with E-state index in [4.69, 9.17) is 5.11 Å². The molecular weight excluding hydrogens is 250 g/mol. The molecule has 2 rings (SSSR count). The van der Waals surface area contributed by atoms with Gasteiger partial charge in [0.05, 0.1) is 4.92 Å². The van der Waals surface area contributed by atoms with Gasteiger partial charge < -0.3 is 5.11 Å². The van der Waals surface area contributed by atoms with Gasteiger partial charge in [0.1, 0.15) is 0 Å². The number of Topliss-reactive ketones (excluding diaryl/α,β-unsaturated/α-hetero) is 1. The summed E-state index contributed by atoms with van der Waals surface area (Å²) >= 11 is 0. The van der Waals surface area contributed by atoms with Crippen molar-refractivity contribution in [1.29, 1.82) is 0 Å². The summed E-state index contributed by atoms with van der Waals surface area (Å²) in [6.07, 6.45) is 2.57. The molecule has 0 amide bonds. The number of non-ortho nitro benzene ring substituents is 1. The van der Waals surface area contributed by atoms with Crippen molar-refractivity contribution in [2.75, 3.05) is 0 Å². The van der Waals surface area contributed by atoms with Crippen LogP contribution in [-0.2, 0) is 9.59 Å². The lowest BCUT2D eigenvalue weighted by atomic mass is 9.95. The minimum Gasteiger partial charge on any atom is -0.475 e. The van der Waals surface area contributed by atoms with Crippen LogP contribution in [0.1, 0.15) is 24.3 Å². The number of carbonyl (C=O) groups excluding carboxylic acids is 1. The predicted octanol–water partition coefficient (Wildman–Crippen LogP) is 2.05. The molecule has 1 atom stereocenters. The van der Waals surface area contributed by atoms with Crippen LogP contribution in [0.2, 0.25) is 0 Å². The minimum absolute atomic E-state index is 0.0107. The second kappa shape index (κ2) is 5.01. The highest BCUT2D eigenvalue weighted by molar-refractivity contribution is 6.39. The van der Waals surface area contributed by atoms with Crippen LogP contribution in [0.5, 0.6) is 0 Å². The van der Waals surface area contributed by atoms with E-state index in [1.807, 2.05) is 0 Å². The van der Waals surface area contributed by atoms with Crippen molar-refractivity contribution in [2.45, 2.75) is 18.8 Å². The summed E-state index contributed by atoms with van der Waals surface area (Å²) < 4.78 is 0. The van der Waals surface area contributed by atoms with E-state index >= 15 is 0 Å². The first-order valence-corrected chi connectivity index (χ1v) is 5.70. The van der Waals surface area contributed by atoms with Gasteiger partial charge in [-0.25, -0.2) is 4.79 Å². The zero-order chi connectivity index (χ0) is 14.0. The quantitative estimate of drug-likeness (QED) is 0.508. The van der Waals surface area contributed by atoms with Crippen LogP contribution in [0.4, 0.5) is 5.69 Å². The molecule has 0 bridgehead atoms. The lowest BCUT2D eigenvalue weighted by Gasteiger charge is -2.09. The highest BCUT2D eigenvalue weighted by Gasteiger charge is 2.26. The lowest BCUT2D eigenvalue weighted by molar-refractivity contribution is -0.384. The van der Waals surface area contributed by atoms with E-state index in [9.17, 15) is 19.7 Å². The van der Waals surface area contributed by atoms with E-state index in [1.165, 1.54) is 12.1 Å². The summed E-state index contributed by atoms with van der Waals surface area (Å²) in [4.78, 5) is 32.0. The van der Waals surface area contributed by atoms with Gasteiger partial charge in [-0.05, 0) is 24.3 Å². The predicted molar refractivity (Wildman–Crippen MR) is 65.8 cm³/mol. The van der Waals surface area contributed by atoms with Gasteiger partial charge >= 0.3 is 5.97 Å². The van der Waals surface area contributed by atoms with Crippen LogP contribution in [0.15, 0.2) is 35.9 Å². The van der Waals surface area contributed by atoms with Crippen LogP contribution < -0.4 is 0 Å². The maximum absolute atomic E-state index is 11.3. The highest BCUT2D eigenvalue weighted by atomic mass is 16.6. The van der Waals surface area contributed by atoms with Crippen LogP contribution in [0.3, 0.4) is 0 Å². The average Bonchev–Trinajstić information content (AvgIpc) is 2.87. The first-order chi connectivity index (χ1) is 8.99. The normalized spacial score (nSPS) is 17.9. The summed E-state index contributed by atoms with van der Waals surface area (Å²) in [5.74, 6) is -2.31. The number of hydrogen-bond acceptors (Lipinski definition) is 4. The fourth-order valence-corrected chi connectivity index (χ4v) is 2.16. The Morgan fingerprint density at radius 1 is 1.26 bits per heavy atom. The molecule has 6 heteroatoms. The molecule has 0 saturated carbocycles. The minimum atomic E-state index is -1.45. The molecule has 1 aromatic rings. The number of nitro groups is 1. The lowest BCUT2D eigenvalue weighted by Crippen LogP contribution is -2.14. The molecule has 1 aliphatic carbocycles. The number of nitrogens with zero attached hydrogens (tertiary/aromatic N) is 1. The number of benzene rings is 1. The monoisotopic (exact) mass is 261 g/mol. The van der Waals surface area contributed by atoms with Gasteiger partial charge in [-0.2, -0.15) is 0 Å². The van der Waals surface area contributed by atoms with Gasteiger partial charge in [0, 0.05) is 17.7 Å². The third-order valence-electron chi connectivity index (χ3n) is 3.18. The summed E-state index contributed by atoms with van der Waals surface area (Å²) in [6.45, 7) is 0. The second-order valence-electron chi connectivity index (χ2n) is 4.35. The Hall–Kier alpha value is -2.50. The number of hydrogen-bond donors (Lipinski definition) is 1. The Kier molecular flexibility index (Phi) is 3.41. The van der Waals surface area contributed by atoms with Gasteiger partial charge in [-0.1, -0.05) is 18.2 Å². The number of carboxylic acids is 1. The maximum Gasteiger partial charge on any atom is 0.376 e. The summed E-state index contributed by atoms with van der Waals surface area (Å²) in [5, 5.41) is 19.2. The Bertz CT molecular complexity index is 573. The topological polar surface area (TPSA) is 97.5 Å². The molecule has 0 spiro atoms. The molecule has 1 aliphatic rings. The van der Waals surface area contributed by atoms with Crippen LogP contribution in [0.25, 0.3) is 0 Å². The molecule has 0 heterocycles. The van der Waals surface area contributed by atoms with E-state index in [0.29, 0.717) is 18.4 Å². The van der Waals surface area contributed by atoms with Crippen molar-refractivity contribution >= 4 is 17.4 Å². The number of carbonyl (C=O) groups is 2. The van der Waals surface area contributed by atoms with E-state index in [-0.39, 0.29) is 11.6 Å². The fraction of sp³-hybridized carbons (Fsp3) is 0.231. The zero-order valence-electron chi connectivity index (χ0n) is 9.91. The van der Waals surface area contributed by atoms with Crippen molar-refractivity contribution in [3.63, 3.8) is 0 Å². The summed E-state index contributed by atoms with van der Waals surface area (Å²) in [5.41, 5.74) is 1.18. The number of aliphatic carboxylic acids is 1. The molecule has 1 aromatic carbocycles. The van der Waals surface area contributed by atoms with E-state index in [1.54, 1.807) is 18.2 Å². The fourth-order valence-electron chi connectivity index (χ4n) is 2.16. The van der Waals surface area contributed by atoms with Gasteiger partial charge in [0.25, 0.3) is 11.5 Å². The molecule has 1 unspecified atom stereocenters. The number of rotatable bonds is 4. The van der Waals surface area contributed by atoms with E-state index in [0.717, 1.165) is 5.56 Å². The molecule has 0 radical (unpaired) electrons. The Morgan fingerprint density at radius 3 is 2.42 bits per heavy atom. The van der Waals surface area contributed by atoms with Crippen LogP contribution >= 0.6 is 0 Å². The first kappa shape index (κ1) is 12.9. The first-order valence-electron chi connectivity index (χ1n) is 5.70. The number of ketones is 1. The largest absolute Gasteiger partial charge is 0.475 e. The summed E-state index contributed by atoms with van der Waals surface area (Å²) in [6, 6.07) is 6.11. The Balaban J connectivity index is 2.08. The van der Waals surface area contributed by atoms with E-state index < -0.39 is 16.7 Å². The Morgan fingerprint density at radius 2 is 1.89 bits per heavy atom. The van der Waals surface area contributed by atoms with Gasteiger partial charge in [-0.15, -0.1) is 0 Å². The van der Waals surface area contributed by atoms with Crippen molar-refractivity contribution in [3.05, 3.63) is 51.6 Å². The molecular formula is C13H11NO5. The maximum atomic E-state index is 11.3. The van der Waals surface area contributed by atoms with Crippen molar-refractivity contribution < 1.29 is 19.6 Å². The van der Waals surface area contributed by atoms with Gasteiger partial charge in [-0.3, -0.25) is 14.9 Å². The molecule has 0 fully saturated rings. The number of allylic oxidation sites excluding steroid dienone is 1. The molecule has 98 valence electrons. The highest BCUT2D eigenvalue weighted by Crippen LogP contribution is 2.34.